The lowest BCUT2D eigenvalue weighted by atomic mass is 10.1. The summed E-state index contributed by atoms with van der Waals surface area (Å²) < 4.78 is 0. The van der Waals surface area contributed by atoms with Gasteiger partial charge in [-0.1, -0.05) is 23.7 Å². The van der Waals surface area contributed by atoms with Crippen LogP contribution in [0.2, 0.25) is 5.02 Å². The lowest BCUT2D eigenvalue weighted by Gasteiger charge is -2.05. The standard InChI is InChI=1S/C16H9ClN2/c17-11-4-3-10-8-13-12-2-1-7-18-14(12)5-6-15(13)19-16(10)9-11/h1-9H. The molecule has 0 aliphatic carbocycles. The Morgan fingerprint density at radius 3 is 2.63 bits per heavy atom. The molecule has 0 radical (unpaired) electrons. The van der Waals surface area contributed by atoms with Crippen molar-refractivity contribution in [1.29, 1.82) is 0 Å². The quantitative estimate of drug-likeness (QED) is 0.343. The number of nitrogens with zero attached hydrogens (tertiary/aromatic N) is 2. The smallest absolute Gasteiger partial charge is 0.0724 e. The summed E-state index contributed by atoms with van der Waals surface area (Å²) >= 11 is 6.01. The van der Waals surface area contributed by atoms with Crippen LogP contribution < -0.4 is 0 Å². The van der Waals surface area contributed by atoms with E-state index in [1.165, 1.54) is 0 Å². The molecule has 19 heavy (non-hydrogen) atoms. The summed E-state index contributed by atoms with van der Waals surface area (Å²) in [7, 11) is 0. The maximum absolute atomic E-state index is 6.01. The minimum atomic E-state index is 0.710. The molecule has 0 amide bonds. The molecule has 0 atom stereocenters. The Morgan fingerprint density at radius 2 is 1.68 bits per heavy atom. The first-order chi connectivity index (χ1) is 9.31. The molecule has 90 valence electrons. The molecule has 0 N–H and O–H groups in total. The lowest BCUT2D eigenvalue weighted by Crippen LogP contribution is -1.85. The maximum Gasteiger partial charge on any atom is 0.0724 e. The number of rotatable bonds is 0. The third-order valence-corrected chi connectivity index (χ3v) is 3.57. The van der Waals surface area contributed by atoms with Gasteiger partial charge >= 0.3 is 0 Å². The average molecular weight is 265 g/mol. The van der Waals surface area contributed by atoms with E-state index >= 15 is 0 Å². The summed E-state index contributed by atoms with van der Waals surface area (Å²) in [5, 5.41) is 4.06. The Kier molecular flexibility index (Phi) is 2.20. The molecule has 0 bridgehead atoms. The Labute approximate surface area is 114 Å². The van der Waals surface area contributed by atoms with E-state index in [1.807, 2.05) is 42.6 Å². The third-order valence-electron chi connectivity index (χ3n) is 3.34. The number of pyridine rings is 2. The van der Waals surface area contributed by atoms with Crippen molar-refractivity contribution in [2.24, 2.45) is 0 Å². The second-order valence-electron chi connectivity index (χ2n) is 4.53. The first-order valence-electron chi connectivity index (χ1n) is 6.05. The van der Waals surface area contributed by atoms with Crippen LogP contribution in [0.15, 0.2) is 54.7 Å². The van der Waals surface area contributed by atoms with Gasteiger partial charge in [0.05, 0.1) is 16.6 Å². The molecule has 0 fully saturated rings. The Balaban J connectivity index is 2.22. The van der Waals surface area contributed by atoms with Gasteiger partial charge < -0.3 is 0 Å². The van der Waals surface area contributed by atoms with Gasteiger partial charge in [0.1, 0.15) is 0 Å². The van der Waals surface area contributed by atoms with Gasteiger partial charge in [-0.15, -0.1) is 0 Å². The minimum absolute atomic E-state index is 0.710. The number of fused-ring (bicyclic) bond motifs is 4. The average Bonchev–Trinajstić information content (AvgIpc) is 2.45. The van der Waals surface area contributed by atoms with Crippen molar-refractivity contribution in [3.8, 4) is 0 Å². The van der Waals surface area contributed by atoms with Crippen LogP contribution >= 0.6 is 11.6 Å². The highest BCUT2D eigenvalue weighted by Gasteiger charge is 2.04. The van der Waals surface area contributed by atoms with E-state index in [2.05, 4.69) is 22.1 Å². The van der Waals surface area contributed by atoms with E-state index in [-0.39, 0.29) is 0 Å². The highest BCUT2D eigenvalue weighted by Crippen LogP contribution is 2.27. The van der Waals surface area contributed by atoms with Crippen LogP contribution in [-0.4, -0.2) is 9.97 Å². The summed E-state index contributed by atoms with van der Waals surface area (Å²) in [6.07, 6.45) is 1.81. The van der Waals surface area contributed by atoms with Crippen molar-refractivity contribution >= 4 is 44.3 Å². The molecule has 0 saturated carbocycles. The second-order valence-corrected chi connectivity index (χ2v) is 4.96. The van der Waals surface area contributed by atoms with Crippen LogP contribution in [0.25, 0.3) is 32.7 Å². The summed E-state index contributed by atoms with van der Waals surface area (Å²) in [6.45, 7) is 0. The minimum Gasteiger partial charge on any atom is -0.256 e. The molecule has 0 aliphatic rings. The van der Waals surface area contributed by atoms with E-state index < -0.39 is 0 Å². The van der Waals surface area contributed by atoms with Crippen LogP contribution in [0.3, 0.4) is 0 Å². The van der Waals surface area contributed by atoms with Gasteiger partial charge in [0.2, 0.25) is 0 Å². The Bertz CT molecular complexity index is 931. The molecular formula is C16H9ClN2. The molecule has 0 saturated heterocycles. The molecule has 4 rings (SSSR count). The van der Waals surface area contributed by atoms with Crippen LogP contribution in [-0.2, 0) is 0 Å². The molecule has 3 heteroatoms. The van der Waals surface area contributed by atoms with E-state index in [9.17, 15) is 0 Å². The maximum atomic E-state index is 6.01. The van der Waals surface area contributed by atoms with Gasteiger partial charge in [0, 0.05) is 27.4 Å². The molecule has 2 aromatic carbocycles. The number of hydrogen-bond acceptors (Lipinski definition) is 2. The van der Waals surface area contributed by atoms with E-state index in [1.54, 1.807) is 0 Å². The van der Waals surface area contributed by atoms with Gasteiger partial charge in [-0.2, -0.15) is 0 Å². The van der Waals surface area contributed by atoms with Crippen LogP contribution in [0.1, 0.15) is 0 Å². The highest BCUT2D eigenvalue weighted by atomic mass is 35.5. The summed E-state index contributed by atoms with van der Waals surface area (Å²) in [5.74, 6) is 0. The predicted octanol–water partition coefficient (Wildman–Crippen LogP) is 4.59. The normalized spacial score (nSPS) is 11.4. The van der Waals surface area contributed by atoms with Crippen molar-refractivity contribution in [3.63, 3.8) is 0 Å². The van der Waals surface area contributed by atoms with E-state index in [0.29, 0.717) is 5.02 Å². The number of aromatic nitrogens is 2. The molecule has 0 aliphatic heterocycles. The van der Waals surface area contributed by atoms with Crippen LogP contribution in [0.4, 0.5) is 0 Å². The van der Waals surface area contributed by atoms with Gasteiger partial charge in [-0.05, 0) is 36.4 Å². The van der Waals surface area contributed by atoms with Crippen molar-refractivity contribution in [2.45, 2.75) is 0 Å². The van der Waals surface area contributed by atoms with Crippen molar-refractivity contribution in [3.05, 3.63) is 59.8 Å². The zero-order valence-corrected chi connectivity index (χ0v) is 10.7. The summed E-state index contributed by atoms with van der Waals surface area (Å²) in [4.78, 5) is 9.05. The molecular weight excluding hydrogens is 256 g/mol. The Hall–Kier alpha value is -2.19. The molecule has 2 aromatic heterocycles. The summed E-state index contributed by atoms with van der Waals surface area (Å²) in [6, 6.07) is 16.0. The fourth-order valence-electron chi connectivity index (χ4n) is 2.43. The topological polar surface area (TPSA) is 25.8 Å². The number of halogens is 1. The van der Waals surface area contributed by atoms with Gasteiger partial charge in [-0.3, -0.25) is 4.98 Å². The molecule has 4 aromatic rings. The van der Waals surface area contributed by atoms with Crippen molar-refractivity contribution in [2.75, 3.05) is 0 Å². The lowest BCUT2D eigenvalue weighted by molar-refractivity contribution is 1.41. The molecule has 2 heterocycles. The van der Waals surface area contributed by atoms with E-state index in [0.717, 1.165) is 32.7 Å². The molecule has 2 nitrogen and oxygen atoms in total. The third kappa shape index (κ3) is 1.65. The first kappa shape index (κ1) is 10.7. The van der Waals surface area contributed by atoms with E-state index in [4.69, 9.17) is 11.6 Å². The van der Waals surface area contributed by atoms with Gasteiger partial charge in [-0.25, -0.2) is 4.98 Å². The number of hydrogen-bond donors (Lipinski definition) is 0. The monoisotopic (exact) mass is 264 g/mol. The first-order valence-corrected chi connectivity index (χ1v) is 6.43. The second kappa shape index (κ2) is 3.90. The van der Waals surface area contributed by atoms with Crippen molar-refractivity contribution < 1.29 is 0 Å². The fraction of sp³-hybridized carbons (Fsp3) is 0. The Morgan fingerprint density at radius 1 is 0.789 bits per heavy atom. The SMILES string of the molecule is Clc1ccc2cc3c(ccc4ncccc43)nc2c1. The predicted molar refractivity (Wildman–Crippen MR) is 79.6 cm³/mol. The summed E-state index contributed by atoms with van der Waals surface area (Å²) in [5.41, 5.74) is 2.88. The zero-order valence-electron chi connectivity index (χ0n) is 9.97. The van der Waals surface area contributed by atoms with Crippen molar-refractivity contribution in [1.82, 2.24) is 9.97 Å². The number of benzene rings is 2. The fourth-order valence-corrected chi connectivity index (χ4v) is 2.60. The van der Waals surface area contributed by atoms with Gasteiger partial charge in [0.25, 0.3) is 0 Å². The molecule has 0 unspecified atom stereocenters. The highest BCUT2D eigenvalue weighted by molar-refractivity contribution is 6.31. The van der Waals surface area contributed by atoms with Crippen LogP contribution in [0, 0.1) is 0 Å². The van der Waals surface area contributed by atoms with Crippen LogP contribution in [0.5, 0.6) is 0 Å². The zero-order chi connectivity index (χ0) is 12.8. The van der Waals surface area contributed by atoms with Gasteiger partial charge in [0.15, 0.2) is 0 Å². The molecule has 0 spiro atoms. The largest absolute Gasteiger partial charge is 0.256 e.